The zero-order valence-electron chi connectivity index (χ0n) is 10.4. The third-order valence-electron chi connectivity index (χ3n) is 3.09. The van der Waals surface area contributed by atoms with Crippen LogP contribution < -0.4 is 15.5 Å². The molecule has 0 saturated heterocycles. The second kappa shape index (κ2) is 5.19. The first-order valence-corrected chi connectivity index (χ1v) is 6.00. The van der Waals surface area contributed by atoms with E-state index in [1.54, 1.807) is 4.90 Å². The molecule has 0 saturated carbocycles. The average Bonchev–Trinajstić information content (AvgIpc) is 2.61. The molecule has 0 fully saturated rings. The Hall–Kier alpha value is -1.55. The minimum absolute atomic E-state index is 0.173. The van der Waals surface area contributed by atoms with E-state index in [0.717, 1.165) is 36.4 Å². The Labute approximate surface area is 102 Å². The molecule has 17 heavy (non-hydrogen) atoms. The fraction of sp³-hybridized carbons (Fsp3) is 0.462. The van der Waals surface area contributed by atoms with E-state index in [1.807, 2.05) is 26.2 Å². The normalized spacial score (nSPS) is 14.0. The Bertz CT molecular complexity index is 417. The molecule has 0 aromatic heterocycles. The summed E-state index contributed by atoms with van der Waals surface area (Å²) in [5, 5.41) is 6.48. The van der Waals surface area contributed by atoms with Gasteiger partial charge >= 0.3 is 0 Å². The summed E-state index contributed by atoms with van der Waals surface area (Å²) in [7, 11) is 3.78. The van der Waals surface area contributed by atoms with Gasteiger partial charge in [-0.05, 0) is 43.8 Å². The van der Waals surface area contributed by atoms with Gasteiger partial charge < -0.3 is 15.5 Å². The summed E-state index contributed by atoms with van der Waals surface area (Å²) in [6.07, 6.45) is 1.62. The highest BCUT2D eigenvalue weighted by atomic mass is 16.2. The zero-order valence-corrected chi connectivity index (χ0v) is 10.4. The van der Waals surface area contributed by atoms with E-state index in [1.165, 1.54) is 0 Å². The van der Waals surface area contributed by atoms with E-state index in [4.69, 9.17) is 0 Å². The molecule has 2 N–H and O–H groups in total. The van der Waals surface area contributed by atoms with Crippen LogP contribution in [0.4, 0.5) is 11.4 Å². The maximum Gasteiger partial charge on any atom is 0.231 e. The van der Waals surface area contributed by atoms with Crippen molar-refractivity contribution in [3.63, 3.8) is 0 Å². The summed E-state index contributed by atoms with van der Waals surface area (Å²) in [4.78, 5) is 13.3. The van der Waals surface area contributed by atoms with Crippen LogP contribution in [0.5, 0.6) is 0 Å². The summed E-state index contributed by atoms with van der Waals surface area (Å²) >= 11 is 0. The van der Waals surface area contributed by atoms with Crippen molar-refractivity contribution in [3.8, 4) is 0 Å². The fourth-order valence-electron chi connectivity index (χ4n) is 2.08. The second-order valence-corrected chi connectivity index (χ2v) is 4.36. The first-order valence-electron chi connectivity index (χ1n) is 6.00. The number of carbonyl (C=O) groups excluding carboxylic acids is 1. The Morgan fingerprint density at radius 3 is 2.94 bits per heavy atom. The molecule has 0 aliphatic carbocycles. The number of hydrogen-bond acceptors (Lipinski definition) is 3. The number of amides is 1. The van der Waals surface area contributed by atoms with Gasteiger partial charge in [0.2, 0.25) is 5.91 Å². The van der Waals surface area contributed by atoms with Crippen LogP contribution in [-0.2, 0) is 11.2 Å². The first kappa shape index (κ1) is 11.9. The van der Waals surface area contributed by atoms with Crippen molar-refractivity contribution in [1.29, 1.82) is 0 Å². The van der Waals surface area contributed by atoms with Crippen molar-refractivity contribution >= 4 is 17.3 Å². The van der Waals surface area contributed by atoms with Crippen LogP contribution >= 0.6 is 0 Å². The number of fused-ring (bicyclic) bond motifs is 1. The molecule has 1 aliphatic heterocycles. The molecule has 1 aromatic rings. The number of likely N-dealkylation sites (N-methyl/N-ethyl adjacent to an activating group) is 1. The summed E-state index contributed by atoms with van der Waals surface area (Å²) < 4.78 is 0. The molecule has 0 radical (unpaired) electrons. The van der Waals surface area contributed by atoms with E-state index >= 15 is 0 Å². The number of carbonyl (C=O) groups is 1. The molecule has 92 valence electrons. The molecule has 1 heterocycles. The molecular formula is C13H19N3O. The number of nitrogens with one attached hydrogen (secondary N) is 2. The number of nitrogens with zero attached hydrogens (tertiary/aromatic N) is 1. The van der Waals surface area contributed by atoms with Gasteiger partial charge in [-0.2, -0.15) is 0 Å². The van der Waals surface area contributed by atoms with Crippen LogP contribution in [0.2, 0.25) is 0 Å². The van der Waals surface area contributed by atoms with E-state index in [9.17, 15) is 4.79 Å². The van der Waals surface area contributed by atoms with Crippen molar-refractivity contribution in [3.05, 3.63) is 23.8 Å². The summed E-state index contributed by atoms with van der Waals surface area (Å²) in [5.41, 5.74) is 3.26. The van der Waals surface area contributed by atoms with Gasteiger partial charge in [-0.15, -0.1) is 0 Å². The van der Waals surface area contributed by atoms with Crippen LogP contribution in [0.15, 0.2) is 18.2 Å². The van der Waals surface area contributed by atoms with Gasteiger partial charge in [-0.3, -0.25) is 4.79 Å². The second-order valence-electron chi connectivity index (χ2n) is 4.36. The lowest BCUT2D eigenvalue weighted by atomic mass is 10.1. The van der Waals surface area contributed by atoms with Gasteiger partial charge in [0.05, 0.1) is 6.42 Å². The topological polar surface area (TPSA) is 44.4 Å². The molecule has 1 amide bonds. The van der Waals surface area contributed by atoms with E-state index in [-0.39, 0.29) is 5.91 Å². The Morgan fingerprint density at radius 2 is 2.18 bits per heavy atom. The Morgan fingerprint density at radius 1 is 1.35 bits per heavy atom. The van der Waals surface area contributed by atoms with Gasteiger partial charge in [0, 0.05) is 25.0 Å². The molecule has 0 atom stereocenters. The fourth-order valence-corrected chi connectivity index (χ4v) is 2.08. The third-order valence-corrected chi connectivity index (χ3v) is 3.09. The molecular weight excluding hydrogens is 214 g/mol. The maximum atomic E-state index is 11.5. The van der Waals surface area contributed by atoms with Gasteiger partial charge in [-0.25, -0.2) is 0 Å². The molecule has 2 rings (SSSR count). The number of hydrogen-bond donors (Lipinski definition) is 2. The van der Waals surface area contributed by atoms with Crippen LogP contribution in [0.3, 0.4) is 0 Å². The molecule has 1 aliphatic rings. The van der Waals surface area contributed by atoms with Crippen LogP contribution in [0.1, 0.15) is 12.0 Å². The van der Waals surface area contributed by atoms with Crippen molar-refractivity contribution in [1.82, 2.24) is 5.32 Å². The van der Waals surface area contributed by atoms with Crippen LogP contribution in [0.25, 0.3) is 0 Å². The maximum absolute atomic E-state index is 11.5. The van der Waals surface area contributed by atoms with Crippen LogP contribution in [0, 0.1) is 0 Å². The number of benzene rings is 1. The van der Waals surface area contributed by atoms with Crippen LogP contribution in [-0.4, -0.2) is 33.1 Å². The van der Waals surface area contributed by atoms with Crippen molar-refractivity contribution in [2.75, 3.05) is 37.4 Å². The lowest BCUT2D eigenvalue weighted by Gasteiger charge is -2.11. The summed E-state index contributed by atoms with van der Waals surface area (Å²) in [6.45, 7) is 1.96. The lowest BCUT2D eigenvalue weighted by molar-refractivity contribution is -0.117. The predicted molar refractivity (Wildman–Crippen MR) is 70.6 cm³/mol. The Balaban J connectivity index is 1.98. The largest absolute Gasteiger partial charge is 0.385 e. The Kier molecular flexibility index (Phi) is 3.64. The third kappa shape index (κ3) is 2.58. The van der Waals surface area contributed by atoms with Crippen molar-refractivity contribution in [2.45, 2.75) is 12.8 Å². The number of anilines is 2. The smallest absolute Gasteiger partial charge is 0.231 e. The number of rotatable bonds is 5. The monoisotopic (exact) mass is 233 g/mol. The van der Waals surface area contributed by atoms with Crippen molar-refractivity contribution in [2.24, 2.45) is 0 Å². The quantitative estimate of drug-likeness (QED) is 0.752. The minimum atomic E-state index is 0.173. The van der Waals surface area contributed by atoms with Gasteiger partial charge in [0.1, 0.15) is 0 Å². The molecule has 0 spiro atoms. The highest BCUT2D eigenvalue weighted by Gasteiger charge is 2.23. The molecule has 0 bridgehead atoms. The van der Waals surface area contributed by atoms with E-state index in [2.05, 4.69) is 16.7 Å². The predicted octanol–water partition coefficient (Wildman–Crippen LogP) is 1.23. The van der Waals surface area contributed by atoms with E-state index in [0.29, 0.717) is 6.42 Å². The summed E-state index contributed by atoms with van der Waals surface area (Å²) in [5.74, 6) is 0.173. The molecule has 4 heteroatoms. The molecule has 0 unspecified atom stereocenters. The minimum Gasteiger partial charge on any atom is -0.385 e. The van der Waals surface area contributed by atoms with Gasteiger partial charge in [0.25, 0.3) is 0 Å². The SMILES string of the molecule is CNCCCNc1ccc2c(c1)CC(=O)N2C. The summed E-state index contributed by atoms with van der Waals surface area (Å²) in [6, 6.07) is 6.13. The van der Waals surface area contributed by atoms with Gasteiger partial charge in [0.15, 0.2) is 0 Å². The van der Waals surface area contributed by atoms with Crippen molar-refractivity contribution < 1.29 is 4.79 Å². The van der Waals surface area contributed by atoms with Gasteiger partial charge in [-0.1, -0.05) is 0 Å². The molecule has 1 aromatic carbocycles. The van der Waals surface area contributed by atoms with E-state index < -0.39 is 0 Å². The standard InChI is InChI=1S/C13H19N3O/c1-14-6-3-7-15-11-4-5-12-10(8-11)9-13(17)16(12)2/h4-5,8,14-15H,3,6-7,9H2,1-2H3. The first-order chi connectivity index (χ1) is 8.22. The molecule has 4 nitrogen and oxygen atoms in total. The highest BCUT2D eigenvalue weighted by molar-refractivity contribution is 6.01. The average molecular weight is 233 g/mol. The highest BCUT2D eigenvalue weighted by Crippen LogP contribution is 2.29. The zero-order chi connectivity index (χ0) is 12.3. The lowest BCUT2D eigenvalue weighted by Crippen LogP contribution is -2.20.